The van der Waals surface area contributed by atoms with Gasteiger partial charge in [0.25, 0.3) is 5.91 Å². The van der Waals surface area contributed by atoms with Gasteiger partial charge in [-0.1, -0.05) is 36.4 Å². The van der Waals surface area contributed by atoms with E-state index < -0.39 is 0 Å². The zero-order chi connectivity index (χ0) is 25.7. The lowest BCUT2D eigenvalue weighted by molar-refractivity contribution is 0.102. The molecule has 2 heterocycles. The van der Waals surface area contributed by atoms with Crippen molar-refractivity contribution in [3.63, 3.8) is 0 Å². The van der Waals surface area contributed by atoms with Crippen molar-refractivity contribution >= 4 is 11.6 Å². The summed E-state index contributed by atoms with van der Waals surface area (Å²) in [6.45, 7) is 5.22. The summed E-state index contributed by atoms with van der Waals surface area (Å²) in [7, 11) is 0. The summed E-state index contributed by atoms with van der Waals surface area (Å²) in [5, 5.41) is 2.96. The van der Waals surface area contributed by atoms with Crippen LogP contribution in [0.5, 0.6) is 11.5 Å². The first-order chi connectivity index (χ1) is 18.7. The van der Waals surface area contributed by atoms with Crippen LogP contribution in [0.4, 0.5) is 5.69 Å². The fourth-order valence-corrected chi connectivity index (χ4v) is 5.22. The Labute approximate surface area is 223 Å². The highest BCUT2D eigenvalue weighted by Crippen LogP contribution is 2.25. The third kappa shape index (κ3) is 5.96. The fraction of sp³-hybridized carbons (Fsp3) is 0.290. The minimum atomic E-state index is -0.235. The normalized spacial score (nSPS) is 15.8. The molecule has 0 spiro atoms. The number of fused-ring (bicyclic) bond motifs is 1. The molecule has 0 atom stereocenters. The zero-order valence-corrected chi connectivity index (χ0v) is 21.4. The molecule has 0 saturated carbocycles. The van der Waals surface area contributed by atoms with E-state index in [1.807, 2.05) is 48.5 Å². The molecule has 0 unspecified atom stereocenters. The molecule has 1 aromatic heterocycles. The number of benzene rings is 3. The number of carbonyl (C=O) groups excluding carboxylic acids is 1. The lowest BCUT2D eigenvalue weighted by Gasteiger charge is -2.34. The van der Waals surface area contributed by atoms with E-state index in [0.717, 1.165) is 62.8 Å². The highest BCUT2D eigenvalue weighted by atomic mass is 16.5. The van der Waals surface area contributed by atoms with E-state index in [1.165, 1.54) is 29.4 Å². The summed E-state index contributed by atoms with van der Waals surface area (Å²) in [6, 6.07) is 24.3. The Balaban J connectivity index is 0.978. The maximum Gasteiger partial charge on any atom is 0.277 e. The number of anilines is 1. The van der Waals surface area contributed by atoms with E-state index in [0.29, 0.717) is 18.1 Å². The van der Waals surface area contributed by atoms with E-state index >= 15 is 0 Å². The second-order valence-electron chi connectivity index (χ2n) is 10.0. The van der Waals surface area contributed by atoms with Crippen molar-refractivity contribution in [2.75, 3.05) is 31.5 Å². The molecule has 1 fully saturated rings. The van der Waals surface area contributed by atoms with Crippen LogP contribution in [0.3, 0.4) is 0 Å². The first kappa shape index (κ1) is 24.4. The summed E-state index contributed by atoms with van der Waals surface area (Å²) in [5.74, 6) is 2.03. The highest BCUT2D eigenvalue weighted by Gasteiger charge is 2.21. The minimum Gasteiger partial charge on any atom is -0.457 e. The van der Waals surface area contributed by atoms with E-state index in [4.69, 9.17) is 9.15 Å². The Bertz CT molecular complexity index is 1390. The molecule has 7 heteroatoms. The molecule has 0 bridgehead atoms. The van der Waals surface area contributed by atoms with Gasteiger partial charge >= 0.3 is 0 Å². The number of para-hydroxylation sites is 1. The second-order valence-corrected chi connectivity index (χ2v) is 10.0. The summed E-state index contributed by atoms with van der Waals surface area (Å²) >= 11 is 0. The molecule has 1 saturated heterocycles. The highest BCUT2D eigenvalue weighted by molar-refractivity contribution is 6.02. The van der Waals surface area contributed by atoms with Gasteiger partial charge in [-0.2, -0.15) is 0 Å². The summed E-state index contributed by atoms with van der Waals surface area (Å²) in [6.07, 6.45) is 4.85. The number of nitrogens with zero attached hydrogens (tertiary/aromatic N) is 3. The zero-order valence-electron chi connectivity index (χ0n) is 21.4. The molecule has 6 rings (SSSR count). The van der Waals surface area contributed by atoms with Gasteiger partial charge in [0, 0.05) is 38.4 Å². The van der Waals surface area contributed by atoms with E-state index in [-0.39, 0.29) is 5.91 Å². The first-order valence-corrected chi connectivity index (χ1v) is 13.3. The van der Waals surface area contributed by atoms with Crippen LogP contribution in [0.15, 0.2) is 83.5 Å². The summed E-state index contributed by atoms with van der Waals surface area (Å²) in [4.78, 5) is 21.9. The van der Waals surface area contributed by atoms with E-state index in [9.17, 15) is 4.79 Å². The number of aromatic nitrogens is 1. The van der Waals surface area contributed by atoms with Crippen molar-refractivity contribution in [2.45, 2.75) is 32.4 Å². The van der Waals surface area contributed by atoms with Crippen LogP contribution in [0.1, 0.15) is 39.5 Å². The van der Waals surface area contributed by atoms with E-state index in [2.05, 4.69) is 44.4 Å². The standard InChI is InChI=1S/C31H32N4O3/c36-31(32-26-13-12-24-7-5-8-25(24)19-26)29-22-37-30(33-29)21-35-16-14-34(15-17-35)20-23-6-4-11-28(18-23)38-27-9-2-1-3-10-27/h1-4,6,9-13,18-19,22H,5,7-8,14-17,20-21H2,(H,32,36). The number of hydrogen-bond acceptors (Lipinski definition) is 6. The Hall–Kier alpha value is -3.94. The summed E-state index contributed by atoms with van der Waals surface area (Å²) in [5.41, 5.74) is 5.08. The van der Waals surface area contributed by atoms with Gasteiger partial charge in [0.15, 0.2) is 5.69 Å². The van der Waals surface area contributed by atoms with Crippen LogP contribution in [0.2, 0.25) is 0 Å². The molecule has 1 N–H and O–H groups in total. The molecule has 38 heavy (non-hydrogen) atoms. The third-order valence-electron chi connectivity index (χ3n) is 7.25. The fourth-order valence-electron chi connectivity index (χ4n) is 5.22. The average Bonchev–Trinajstić information content (AvgIpc) is 3.60. The van der Waals surface area contributed by atoms with Crippen LogP contribution in [-0.2, 0) is 25.9 Å². The van der Waals surface area contributed by atoms with Crippen LogP contribution >= 0.6 is 0 Å². The van der Waals surface area contributed by atoms with Crippen molar-refractivity contribution in [1.82, 2.24) is 14.8 Å². The number of piperazine rings is 1. The van der Waals surface area contributed by atoms with Gasteiger partial charge in [-0.25, -0.2) is 4.98 Å². The molecule has 4 aromatic rings. The van der Waals surface area contributed by atoms with Crippen molar-refractivity contribution < 1.29 is 13.9 Å². The smallest absolute Gasteiger partial charge is 0.277 e. The molecule has 1 aliphatic carbocycles. The molecule has 1 aliphatic heterocycles. The van der Waals surface area contributed by atoms with Crippen LogP contribution < -0.4 is 10.1 Å². The molecule has 194 valence electrons. The average molecular weight is 509 g/mol. The monoisotopic (exact) mass is 508 g/mol. The molecule has 1 amide bonds. The van der Waals surface area contributed by atoms with Crippen LogP contribution in [0, 0.1) is 0 Å². The number of hydrogen-bond donors (Lipinski definition) is 1. The van der Waals surface area contributed by atoms with Crippen molar-refractivity contribution in [3.8, 4) is 11.5 Å². The predicted molar refractivity (Wildman–Crippen MR) is 146 cm³/mol. The van der Waals surface area contributed by atoms with Crippen LogP contribution in [-0.4, -0.2) is 46.9 Å². The molecule has 2 aliphatic rings. The number of oxazole rings is 1. The number of nitrogens with one attached hydrogen (secondary N) is 1. The van der Waals surface area contributed by atoms with Gasteiger partial charge in [-0.05, 0) is 72.4 Å². The predicted octanol–water partition coefficient (Wildman–Crippen LogP) is 5.53. The molecule has 0 radical (unpaired) electrons. The molecular weight excluding hydrogens is 476 g/mol. The number of amides is 1. The minimum absolute atomic E-state index is 0.235. The van der Waals surface area contributed by atoms with Crippen molar-refractivity contribution in [1.29, 1.82) is 0 Å². The van der Waals surface area contributed by atoms with Gasteiger partial charge in [-0.15, -0.1) is 0 Å². The Morgan fingerprint density at radius 1 is 0.842 bits per heavy atom. The largest absolute Gasteiger partial charge is 0.457 e. The summed E-state index contributed by atoms with van der Waals surface area (Å²) < 4.78 is 11.6. The molecular formula is C31H32N4O3. The van der Waals surface area contributed by atoms with Gasteiger partial charge in [-0.3, -0.25) is 14.6 Å². The topological polar surface area (TPSA) is 70.8 Å². The molecule has 7 nitrogen and oxygen atoms in total. The Kier molecular flexibility index (Phi) is 7.20. The van der Waals surface area contributed by atoms with Gasteiger partial charge < -0.3 is 14.5 Å². The maximum absolute atomic E-state index is 12.7. The van der Waals surface area contributed by atoms with Gasteiger partial charge in [0.2, 0.25) is 5.89 Å². The Morgan fingerprint density at radius 3 is 2.45 bits per heavy atom. The van der Waals surface area contributed by atoms with Crippen molar-refractivity contribution in [3.05, 3.63) is 107 Å². The first-order valence-electron chi connectivity index (χ1n) is 13.3. The van der Waals surface area contributed by atoms with Crippen LogP contribution in [0.25, 0.3) is 0 Å². The number of rotatable bonds is 8. The number of ether oxygens (including phenoxy) is 1. The van der Waals surface area contributed by atoms with Crippen molar-refractivity contribution in [2.24, 2.45) is 0 Å². The van der Waals surface area contributed by atoms with E-state index in [1.54, 1.807) is 0 Å². The third-order valence-corrected chi connectivity index (χ3v) is 7.25. The molecule has 3 aromatic carbocycles. The lowest BCUT2D eigenvalue weighted by atomic mass is 10.1. The second kappa shape index (κ2) is 11.2. The Morgan fingerprint density at radius 2 is 1.61 bits per heavy atom. The SMILES string of the molecule is O=C(Nc1ccc2c(c1)CCC2)c1coc(CN2CCN(Cc3cccc(Oc4ccccc4)c3)CC2)n1. The van der Waals surface area contributed by atoms with Gasteiger partial charge in [0.05, 0.1) is 6.54 Å². The quantitative estimate of drug-likeness (QED) is 0.338. The number of aryl methyl sites for hydroxylation is 2. The maximum atomic E-state index is 12.7. The lowest BCUT2D eigenvalue weighted by Crippen LogP contribution is -2.45. The number of carbonyl (C=O) groups is 1. The van der Waals surface area contributed by atoms with Gasteiger partial charge in [0.1, 0.15) is 17.8 Å².